The lowest BCUT2D eigenvalue weighted by Gasteiger charge is -2.31. The van der Waals surface area contributed by atoms with E-state index in [1.54, 1.807) is 24.3 Å². The lowest BCUT2D eigenvalue weighted by Crippen LogP contribution is -2.23. The van der Waals surface area contributed by atoms with Gasteiger partial charge < -0.3 is 14.5 Å². The van der Waals surface area contributed by atoms with Crippen molar-refractivity contribution in [1.29, 1.82) is 0 Å². The van der Waals surface area contributed by atoms with Crippen molar-refractivity contribution in [2.24, 2.45) is 5.92 Å². The minimum atomic E-state index is -0.384. The van der Waals surface area contributed by atoms with Crippen molar-refractivity contribution in [2.45, 2.75) is 45.1 Å². The number of nitrogens with zero attached hydrogens (tertiary/aromatic N) is 1. The molecule has 0 amide bonds. The van der Waals surface area contributed by atoms with Gasteiger partial charge in [0.15, 0.2) is 0 Å². The maximum Gasteiger partial charge on any atom is 0.337 e. The van der Waals surface area contributed by atoms with Crippen LogP contribution in [0.4, 0.5) is 11.4 Å². The number of anilines is 1. The van der Waals surface area contributed by atoms with Gasteiger partial charge in [-0.25, -0.2) is 4.79 Å². The third kappa shape index (κ3) is 4.26. The number of benzene rings is 2. The molecule has 1 aliphatic rings. The Bertz CT molecular complexity index is 1100. The molecule has 1 heterocycles. The fourth-order valence-corrected chi connectivity index (χ4v) is 4.50. The van der Waals surface area contributed by atoms with E-state index >= 15 is 0 Å². The molecule has 1 N–H and O–H groups in total. The zero-order valence-corrected chi connectivity index (χ0v) is 17.7. The largest absolute Gasteiger partial charge is 0.465 e. The topological polar surface area (TPSA) is 94.6 Å². The molecule has 1 aromatic heterocycles. The molecule has 7 heteroatoms. The summed E-state index contributed by atoms with van der Waals surface area (Å²) in [5.74, 6) is 0.841. The summed E-state index contributed by atoms with van der Waals surface area (Å²) >= 11 is 0. The second-order valence-electron chi connectivity index (χ2n) is 8.12. The number of aryl methyl sites for hydroxylation is 1. The van der Waals surface area contributed by atoms with Gasteiger partial charge in [0.1, 0.15) is 11.3 Å². The number of hydrogen-bond donors (Lipinski definition) is 1. The normalized spacial score (nSPS) is 15.5. The van der Waals surface area contributed by atoms with Crippen LogP contribution < -0.4 is 5.32 Å². The Morgan fingerprint density at radius 1 is 1.16 bits per heavy atom. The SMILES string of the molecule is COC(=O)c1ccc(NC(c2oc3ccc([N+](=O)[O-])cc3c2C)C2CCCCC2)cc1. The molecule has 0 spiro atoms. The molecule has 0 aliphatic heterocycles. The van der Waals surface area contributed by atoms with Crippen LogP contribution in [0.5, 0.6) is 0 Å². The van der Waals surface area contributed by atoms with Crippen LogP contribution in [-0.2, 0) is 4.74 Å². The standard InChI is InChI=1S/C24H26N2O5/c1-15-20-14-19(26(28)29)12-13-21(20)31-23(15)22(16-6-4-3-5-7-16)25-18-10-8-17(9-11-18)24(27)30-2/h8-14,16,22,25H,3-7H2,1-2H3. The van der Waals surface area contributed by atoms with Crippen LogP contribution >= 0.6 is 0 Å². The first-order valence-corrected chi connectivity index (χ1v) is 10.6. The van der Waals surface area contributed by atoms with E-state index in [9.17, 15) is 14.9 Å². The molecule has 1 unspecified atom stereocenters. The van der Waals surface area contributed by atoms with E-state index in [-0.39, 0.29) is 22.6 Å². The second-order valence-corrected chi connectivity index (χ2v) is 8.12. The van der Waals surface area contributed by atoms with E-state index in [1.165, 1.54) is 32.4 Å². The first-order valence-electron chi connectivity index (χ1n) is 10.6. The van der Waals surface area contributed by atoms with Gasteiger partial charge in [-0.3, -0.25) is 10.1 Å². The predicted octanol–water partition coefficient (Wildman–Crippen LogP) is 6.17. The van der Waals surface area contributed by atoms with Crippen LogP contribution in [0.25, 0.3) is 11.0 Å². The number of fused-ring (bicyclic) bond motifs is 1. The second kappa shape index (κ2) is 8.79. The first-order chi connectivity index (χ1) is 15.0. The summed E-state index contributed by atoms with van der Waals surface area (Å²) in [6.07, 6.45) is 5.77. The van der Waals surface area contributed by atoms with Crippen molar-refractivity contribution >= 4 is 28.3 Å². The molecular formula is C24H26N2O5. The van der Waals surface area contributed by atoms with Crippen LogP contribution in [0.1, 0.15) is 59.8 Å². The van der Waals surface area contributed by atoms with Gasteiger partial charge in [-0.15, -0.1) is 0 Å². The fraction of sp³-hybridized carbons (Fsp3) is 0.375. The molecule has 7 nitrogen and oxygen atoms in total. The van der Waals surface area contributed by atoms with E-state index in [4.69, 9.17) is 9.15 Å². The maximum absolute atomic E-state index is 11.7. The predicted molar refractivity (Wildman–Crippen MR) is 118 cm³/mol. The zero-order valence-electron chi connectivity index (χ0n) is 17.7. The number of hydrogen-bond acceptors (Lipinski definition) is 6. The molecule has 1 aliphatic carbocycles. The van der Waals surface area contributed by atoms with Crippen LogP contribution in [0.15, 0.2) is 46.9 Å². The molecule has 31 heavy (non-hydrogen) atoms. The number of methoxy groups -OCH3 is 1. The molecule has 1 fully saturated rings. The number of furan rings is 1. The van der Waals surface area contributed by atoms with Gasteiger partial charge in [-0.2, -0.15) is 0 Å². The molecule has 162 valence electrons. The molecule has 1 atom stereocenters. The number of non-ortho nitro benzene ring substituents is 1. The van der Waals surface area contributed by atoms with E-state index in [1.807, 2.05) is 19.1 Å². The highest BCUT2D eigenvalue weighted by Crippen LogP contribution is 2.41. The minimum absolute atomic E-state index is 0.0588. The number of nitro groups is 1. The maximum atomic E-state index is 11.7. The molecule has 4 rings (SSSR count). The number of nitrogens with one attached hydrogen (secondary N) is 1. The highest BCUT2D eigenvalue weighted by molar-refractivity contribution is 5.89. The third-order valence-corrected chi connectivity index (χ3v) is 6.20. The zero-order chi connectivity index (χ0) is 22.0. The lowest BCUT2D eigenvalue weighted by molar-refractivity contribution is -0.384. The summed E-state index contributed by atoms with van der Waals surface area (Å²) in [4.78, 5) is 22.6. The number of carbonyl (C=O) groups is 1. The molecule has 0 radical (unpaired) electrons. The highest BCUT2D eigenvalue weighted by atomic mass is 16.6. The number of nitro benzene ring substituents is 1. The number of esters is 1. The van der Waals surface area contributed by atoms with Crippen LogP contribution in [0, 0.1) is 23.0 Å². The van der Waals surface area contributed by atoms with Gasteiger partial charge in [0.2, 0.25) is 0 Å². The van der Waals surface area contributed by atoms with Crippen molar-refractivity contribution in [3.05, 3.63) is 69.5 Å². The van der Waals surface area contributed by atoms with Crippen LogP contribution in [0.2, 0.25) is 0 Å². The Labute approximate surface area is 180 Å². The lowest BCUT2D eigenvalue weighted by atomic mass is 9.82. The molecule has 2 aromatic carbocycles. The molecule has 0 bridgehead atoms. The number of rotatable bonds is 6. The first kappa shape index (κ1) is 20.9. The summed E-state index contributed by atoms with van der Waals surface area (Å²) in [5, 5.41) is 15.6. The number of carbonyl (C=O) groups excluding carboxylic acids is 1. The van der Waals surface area contributed by atoms with Gasteiger partial charge in [-0.05, 0) is 56.0 Å². The van der Waals surface area contributed by atoms with Crippen molar-refractivity contribution in [3.8, 4) is 0 Å². The minimum Gasteiger partial charge on any atom is -0.465 e. The van der Waals surface area contributed by atoms with Gasteiger partial charge in [0.05, 0.1) is 23.6 Å². The Kier molecular flexibility index (Phi) is 5.93. The highest BCUT2D eigenvalue weighted by Gasteiger charge is 2.30. The average molecular weight is 422 g/mol. The van der Waals surface area contributed by atoms with Crippen LogP contribution in [0.3, 0.4) is 0 Å². The van der Waals surface area contributed by atoms with Crippen molar-refractivity contribution in [2.75, 3.05) is 12.4 Å². The molecular weight excluding hydrogens is 396 g/mol. The number of ether oxygens (including phenoxy) is 1. The van der Waals surface area contributed by atoms with Crippen molar-refractivity contribution in [1.82, 2.24) is 0 Å². The Hall–Kier alpha value is -3.35. The van der Waals surface area contributed by atoms with Crippen LogP contribution in [-0.4, -0.2) is 18.0 Å². The Morgan fingerprint density at radius 2 is 1.87 bits per heavy atom. The summed E-state index contributed by atoms with van der Waals surface area (Å²) in [6.45, 7) is 1.96. The molecule has 3 aromatic rings. The summed E-state index contributed by atoms with van der Waals surface area (Å²) in [6, 6.07) is 11.9. The van der Waals surface area contributed by atoms with E-state index in [0.717, 1.165) is 35.2 Å². The smallest absolute Gasteiger partial charge is 0.337 e. The van der Waals surface area contributed by atoms with E-state index in [2.05, 4.69) is 5.32 Å². The van der Waals surface area contributed by atoms with Crippen molar-refractivity contribution in [3.63, 3.8) is 0 Å². The van der Waals surface area contributed by atoms with Gasteiger partial charge >= 0.3 is 5.97 Å². The molecule has 1 saturated carbocycles. The Morgan fingerprint density at radius 3 is 2.52 bits per heavy atom. The van der Waals surface area contributed by atoms with E-state index in [0.29, 0.717) is 17.1 Å². The third-order valence-electron chi connectivity index (χ3n) is 6.20. The average Bonchev–Trinajstić information content (AvgIpc) is 3.13. The van der Waals surface area contributed by atoms with Gasteiger partial charge in [-0.1, -0.05) is 19.3 Å². The van der Waals surface area contributed by atoms with Gasteiger partial charge in [0, 0.05) is 28.8 Å². The molecule has 0 saturated heterocycles. The summed E-state index contributed by atoms with van der Waals surface area (Å²) in [7, 11) is 1.36. The van der Waals surface area contributed by atoms with Crippen molar-refractivity contribution < 1.29 is 18.9 Å². The Balaban J connectivity index is 1.70. The van der Waals surface area contributed by atoms with E-state index < -0.39 is 0 Å². The van der Waals surface area contributed by atoms with Gasteiger partial charge in [0.25, 0.3) is 5.69 Å². The monoisotopic (exact) mass is 422 g/mol. The summed E-state index contributed by atoms with van der Waals surface area (Å²) in [5.41, 5.74) is 3.02. The fourth-order valence-electron chi connectivity index (χ4n) is 4.50. The quantitative estimate of drug-likeness (QED) is 0.290. The summed E-state index contributed by atoms with van der Waals surface area (Å²) < 4.78 is 11.0.